The lowest BCUT2D eigenvalue weighted by atomic mass is 10.0. The standard InChI is InChI=1S/C14H22N2O7S/c1-3-22-13(18)11-8-23-14(19)16(11)10-4-6-15(7-5-10)12(17)9-24(2,20)21/h10-11H,3-9H2,1-2H3. The van der Waals surface area contributed by atoms with Gasteiger partial charge in [0.1, 0.15) is 12.4 Å². The second kappa shape index (κ2) is 7.37. The van der Waals surface area contributed by atoms with Crippen molar-refractivity contribution < 1.29 is 32.3 Å². The second-order valence-corrected chi connectivity index (χ2v) is 8.07. The Morgan fingerprint density at radius 1 is 1.29 bits per heavy atom. The van der Waals surface area contributed by atoms with Gasteiger partial charge < -0.3 is 14.4 Å². The van der Waals surface area contributed by atoms with E-state index in [9.17, 15) is 22.8 Å². The third kappa shape index (κ3) is 4.37. The lowest BCUT2D eigenvalue weighted by Gasteiger charge is -2.37. The largest absolute Gasteiger partial charge is 0.464 e. The van der Waals surface area contributed by atoms with E-state index in [0.29, 0.717) is 25.9 Å². The van der Waals surface area contributed by atoms with E-state index in [1.807, 2.05) is 0 Å². The molecule has 0 aromatic carbocycles. The number of cyclic esters (lactones) is 1. The van der Waals surface area contributed by atoms with Crippen LogP contribution in [-0.2, 0) is 28.9 Å². The molecular weight excluding hydrogens is 340 g/mol. The minimum atomic E-state index is -3.37. The molecule has 0 spiro atoms. The molecule has 0 saturated carbocycles. The molecule has 0 aliphatic carbocycles. The first-order valence-electron chi connectivity index (χ1n) is 7.80. The van der Waals surface area contributed by atoms with Gasteiger partial charge in [-0.15, -0.1) is 0 Å². The van der Waals surface area contributed by atoms with Gasteiger partial charge in [0.25, 0.3) is 0 Å². The highest BCUT2D eigenvalue weighted by molar-refractivity contribution is 7.91. The predicted octanol–water partition coefficient (Wildman–Crippen LogP) is -0.594. The summed E-state index contributed by atoms with van der Waals surface area (Å²) in [5.41, 5.74) is 0. The maximum absolute atomic E-state index is 11.9. The number of nitrogens with zero attached hydrogens (tertiary/aromatic N) is 2. The number of carbonyl (C=O) groups excluding carboxylic acids is 3. The van der Waals surface area contributed by atoms with Crippen LogP contribution in [0.3, 0.4) is 0 Å². The molecule has 2 aliphatic rings. The Morgan fingerprint density at radius 2 is 1.92 bits per heavy atom. The number of piperidine rings is 1. The van der Waals surface area contributed by atoms with Crippen LogP contribution in [0.2, 0.25) is 0 Å². The smallest absolute Gasteiger partial charge is 0.410 e. The van der Waals surface area contributed by atoms with Crippen molar-refractivity contribution >= 4 is 27.8 Å². The molecule has 2 amide bonds. The van der Waals surface area contributed by atoms with Crippen molar-refractivity contribution in [3.63, 3.8) is 0 Å². The van der Waals surface area contributed by atoms with E-state index in [-0.39, 0.29) is 19.3 Å². The minimum Gasteiger partial charge on any atom is -0.464 e. The number of hydrogen-bond acceptors (Lipinski definition) is 7. The quantitative estimate of drug-likeness (QED) is 0.601. The Balaban J connectivity index is 1.96. The van der Waals surface area contributed by atoms with Crippen molar-refractivity contribution in [1.29, 1.82) is 0 Å². The first-order valence-corrected chi connectivity index (χ1v) is 9.86. The Labute approximate surface area is 140 Å². The summed E-state index contributed by atoms with van der Waals surface area (Å²) in [6.07, 6.45) is 1.37. The van der Waals surface area contributed by atoms with E-state index >= 15 is 0 Å². The number of rotatable bonds is 5. The van der Waals surface area contributed by atoms with Crippen molar-refractivity contribution in [2.24, 2.45) is 0 Å². The summed E-state index contributed by atoms with van der Waals surface area (Å²) in [6.45, 7) is 2.53. The molecule has 1 unspecified atom stereocenters. The van der Waals surface area contributed by atoms with Crippen LogP contribution in [-0.4, -0.2) is 86.6 Å². The number of likely N-dealkylation sites (tertiary alicyclic amines) is 1. The maximum Gasteiger partial charge on any atom is 0.410 e. The molecule has 2 rings (SSSR count). The van der Waals surface area contributed by atoms with Crippen molar-refractivity contribution in [3.8, 4) is 0 Å². The van der Waals surface area contributed by atoms with Gasteiger partial charge in [0.2, 0.25) is 5.91 Å². The van der Waals surface area contributed by atoms with Crippen molar-refractivity contribution in [2.45, 2.75) is 31.8 Å². The number of carbonyl (C=O) groups is 3. The van der Waals surface area contributed by atoms with Gasteiger partial charge in [-0.25, -0.2) is 18.0 Å². The molecule has 0 aromatic heterocycles. The van der Waals surface area contributed by atoms with E-state index in [2.05, 4.69) is 0 Å². The van der Waals surface area contributed by atoms with Gasteiger partial charge in [-0.2, -0.15) is 0 Å². The number of ether oxygens (including phenoxy) is 2. The van der Waals surface area contributed by atoms with E-state index in [4.69, 9.17) is 9.47 Å². The third-order valence-corrected chi connectivity index (χ3v) is 4.84. The van der Waals surface area contributed by atoms with Gasteiger partial charge in [0, 0.05) is 25.4 Å². The lowest BCUT2D eigenvalue weighted by molar-refractivity contribution is -0.148. The van der Waals surface area contributed by atoms with Gasteiger partial charge in [-0.1, -0.05) is 0 Å². The van der Waals surface area contributed by atoms with Crippen LogP contribution in [0, 0.1) is 0 Å². The summed E-state index contributed by atoms with van der Waals surface area (Å²) in [7, 11) is -3.37. The SMILES string of the molecule is CCOC(=O)C1COC(=O)N1C1CCN(C(=O)CS(C)(=O)=O)CC1. The van der Waals surface area contributed by atoms with Crippen molar-refractivity contribution in [1.82, 2.24) is 9.80 Å². The van der Waals surface area contributed by atoms with Gasteiger partial charge in [-0.05, 0) is 19.8 Å². The lowest BCUT2D eigenvalue weighted by Crippen LogP contribution is -2.52. The van der Waals surface area contributed by atoms with Gasteiger partial charge in [0.05, 0.1) is 6.61 Å². The Kier molecular flexibility index (Phi) is 5.68. The fourth-order valence-electron chi connectivity index (χ4n) is 2.96. The zero-order valence-corrected chi connectivity index (χ0v) is 14.6. The monoisotopic (exact) mass is 362 g/mol. The summed E-state index contributed by atoms with van der Waals surface area (Å²) in [5, 5.41) is 0. The highest BCUT2D eigenvalue weighted by Crippen LogP contribution is 2.24. The number of amides is 2. The average Bonchev–Trinajstić information content (AvgIpc) is 2.88. The highest BCUT2D eigenvalue weighted by atomic mass is 32.2. The fourth-order valence-corrected chi connectivity index (χ4v) is 3.60. The normalized spacial score (nSPS) is 22.4. The van der Waals surface area contributed by atoms with Crippen LogP contribution >= 0.6 is 0 Å². The van der Waals surface area contributed by atoms with Crippen LogP contribution in [0.15, 0.2) is 0 Å². The molecule has 1 atom stereocenters. The van der Waals surface area contributed by atoms with E-state index < -0.39 is 39.6 Å². The molecule has 0 N–H and O–H groups in total. The predicted molar refractivity (Wildman–Crippen MR) is 82.9 cm³/mol. The summed E-state index contributed by atoms with van der Waals surface area (Å²) in [5.74, 6) is -1.46. The van der Waals surface area contributed by atoms with Crippen molar-refractivity contribution in [3.05, 3.63) is 0 Å². The third-order valence-electron chi connectivity index (χ3n) is 4.07. The minimum absolute atomic E-state index is 0.0368. The second-order valence-electron chi connectivity index (χ2n) is 5.93. The molecule has 0 radical (unpaired) electrons. The molecule has 136 valence electrons. The van der Waals surface area contributed by atoms with E-state index in [1.54, 1.807) is 6.92 Å². The summed E-state index contributed by atoms with van der Waals surface area (Å²) in [4.78, 5) is 38.7. The topological polar surface area (TPSA) is 110 Å². The summed E-state index contributed by atoms with van der Waals surface area (Å²) >= 11 is 0. The van der Waals surface area contributed by atoms with E-state index in [0.717, 1.165) is 6.26 Å². The number of esters is 1. The van der Waals surface area contributed by atoms with E-state index in [1.165, 1.54) is 9.80 Å². The molecule has 2 aliphatic heterocycles. The van der Waals surface area contributed by atoms with Crippen LogP contribution in [0.4, 0.5) is 4.79 Å². The zero-order chi connectivity index (χ0) is 17.9. The Hall–Kier alpha value is -1.84. The first kappa shape index (κ1) is 18.5. The molecule has 2 saturated heterocycles. The summed E-state index contributed by atoms with van der Waals surface area (Å²) in [6, 6.07) is -1.00. The average molecular weight is 362 g/mol. The maximum atomic E-state index is 11.9. The number of sulfone groups is 1. The molecule has 2 heterocycles. The molecule has 2 fully saturated rings. The zero-order valence-electron chi connectivity index (χ0n) is 13.8. The van der Waals surface area contributed by atoms with Crippen LogP contribution in [0.5, 0.6) is 0 Å². The Morgan fingerprint density at radius 3 is 2.46 bits per heavy atom. The molecule has 10 heteroatoms. The molecular formula is C14H22N2O7S. The Bertz CT molecular complexity index is 611. The highest BCUT2D eigenvalue weighted by Gasteiger charge is 2.44. The van der Waals surface area contributed by atoms with Crippen LogP contribution < -0.4 is 0 Å². The van der Waals surface area contributed by atoms with Crippen LogP contribution in [0.25, 0.3) is 0 Å². The first-order chi connectivity index (χ1) is 11.2. The van der Waals surface area contributed by atoms with Gasteiger partial charge >= 0.3 is 12.1 Å². The van der Waals surface area contributed by atoms with Crippen LogP contribution in [0.1, 0.15) is 19.8 Å². The molecule has 24 heavy (non-hydrogen) atoms. The van der Waals surface area contributed by atoms with Crippen molar-refractivity contribution in [2.75, 3.05) is 38.3 Å². The van der Waals surface area contributed by atoms with Gasteiger partial charge in [0.15, 0.2) is 15.9 Å². The fraction of sp³-hybridized carbons (Fsp3) is 0.786. The molecule has 0 aromatic rings. The number of hydrogen-bond donors (Lipinski definition) is 0. The molecule has 9 nitrogen and oxygen atoms in total. The summed E-state index contributed by atoms with van der Waals surface area (Å²) < 4.78 is 32.4. The molecule has 0 bridgehead atoms. The van der Waals surface area contributed by atoms with Gasteiger partial charge in [-0.3, -0.25) is 9.69 Å².